The van der Waals surface area contributed by atoms with Crippen molar-refractivity contribution in [2.24, 2.45) is 0 Å². The van der Waals surface area contributed by atoms with Gasteiger partial charge in [0.05, 0.1) is 17.7 Å². The van der Waals surface area contributed by atoms with E-state index in [1.165, 1.54) is 4.63 Å². The Balaban J connectivity index is 2.56. The van der Waals surface area contributed by atoms with Crippen molar-refractivity contribution in [3.05, 3.63) is 22.8 Å². The van der Waals surface area contributed by atoms with Gasteiger partial charge < -0.3 is 4.74 Å². The molecule has 0 unspecified atom stereocenters. The van der Waals surface area contributed by atoms with Gasteiger partial charge >= 0.3 is 0 Å². The number of alkyl halides is 2. The number of hydrogen-bond donors (Lipinski definition) is 0. The summed E-state index contributed by atoms with van der Waals surface area (Å²) in [6.07, 6.45) is 0. The minimum absolute atomic E-state index is 0.246. The second kappa shape index (κ2) is 4.65. The third-order valence-corrected chi connectivity index (χ3v) is 2.70. The van der Waals surface area contributed by atoms with E-state index in [-0.39, 0.29) is 5.15 Å². The van der Waals surface area contributed by atoms with Crippen molar-refractivity contribution in [1.82, 2.24) is 14.8 Å². The maximum absolute atomic E-state index is 5.91. The smallest absolute Gasteiger partial charge is 0.233 e. The molecule has 0 bridgehead atoms. The maximum Gasteiger partial charge on any atom is 0.233 e. The van der Waals surface area contributed by atoms with Crippen LogP contribution in [-0.2, 0) is 0 Å². The molecule has 2 aromatic heterocycles. The summed E-state index contributed by atoms with van der Waals surface area (Å²) >= 11 is 17.5. The molecule has 0 saturated heterocycles. The lowest BCUT2D eigenvalue weighted by molar-refractivity contribution is 0.320. The molecular weight excluding hydrogens is 272 g/mol. The molecule has 0 aliphatic rings. The van der Waals surface area contributed by atoms with E-state index in [1.807, 2.05) is 6.92 Å². The lowest BCUT2D eigenvalue weighted by Crippen LogP contribution is -2.00. The van der Waals surface area contributed by atoms with E-state index in [4.69, 9.17) is 39.5 Å². The number of rotatable bonds is 3. The Morgan fingerprint density at radius 3 is 2.75 bits per heavy atom. The topological polar surface area (TPSA) is 39.4 Å². The second-order valence-electron chi connectivity index (χ2n) is 2.98. The van der Waals surface area contributed by atoms with Crippen LogP contribution in [-0.4, -0.2) is 21.4 Å². The number of ether oxygens (including phenoxy) is 1. The molecule has 86 valence electrons. The third kappa shape index (κ3) is 2.05. The molecule has 2 rings (SSSR count). The van der Waals surface area contributed by atoms with Gasteiger partial charge in [-0.15, -0.1) is 14.8 Å². The Morgan fingerprint density at radius 2 is 2.12 bits per heavy atom. The SMILES string of the molecule is CCOc1ccc2c(C(Cl)Cl)c(Cl)nn2n1. The fraction of sp³-hybridized carbons (Fsp3) is 0.333. The first-order valence-corrected chi connectivity index (χ1v) is 5.85. The predicted molar refractivity (Wildman–Crippen MR) is 63.6 cm³/mol. The van der Waals surface area contributed by atoms with E-state index in [9.17, 15) is 0 Å². The lowest BCUT2D eigenvalue weighted by Gasteiger charge is -2.02. The molecule has 0 spiro atoms. The number of fused-ring (bicyclic) bond motifs is 1. The van der Waals surface area contributed by atoms with Crippen LogP contribution in [0.4, 0.5) is 0 Å². The predicted octanol–water partition coefficient (Wildman–Crippen LogP) is 3.26. The van der Waals surface area contributed by atoms with Crippen molar-refractivity contribution in [3.63, 3.8) is 0 Å². The van der Waals surface area contributed by atoms with Crippen molar-refractivity contribution in [3.8, 4) is 5.88 Å². The van der Waals surface area contributed by atoms with Crippen molar-refractivity contribution >= 4 is 40.3 Å². The zero-order chi connectivity index (χ0) is 11.7. The van der Waals surface area contributed by atoms with Crippen LogP contribution < -0.4 is 4.74 Å². The highest BCUT2D eigenvalue weighted by atomic mass is 35.5. The Labute approximate surface area is 107 Å². The van der Waals surface area contributed by atoms with Gasteiger partial charge in [-0.3, -0.25) is 0 Å². The Hall–Kier alpha value is -0.710. The highest BCUT2D eigenvalue weighted by Gasteiger charge is 2.18. The molecular formula is C9H8Cl3N3O. The fourth-order valence-corrected chi connectivity index (χ4v) is 2.16. The second-order valence-corrected chi connectivity index (χ2v) is 4.44. The normalized spacial score (nSPS) is 11.3. The molecule has 0 aliphatic heterocycles. The molecule has 0 aromatic carbocycles. The minimum atomic E-state index is -0.732. The summed E-state index contributed by atoms with van der Waals surface area (Å²) in [6, 6.07) is 3.49. The summed E-state index contributed by atoms with van der Waals surface area (Å²) in [5, 5.41) is 8.36. The molecule has 2 heterocycles. The van der Waals surface area contributed by atoms with Crippen LogP contribution in [0.25, 0.3) is 5.52 Å². The fourth-order valence-electron chi connectivity index (χ4n) is 1.34. The van der Waals surface area contributed by atoms with Crippen molar-refractivity contribution < 1.29 is 4.74 Å². The van der Waals surface area contributed by atoms with Crippen LogP contribution in [0.5, 0.6) is 5.88 Å². The molecule has 7 heteroatoms. The van der Waals surface area contributed by atoms with Gasteiger partial charge in [-0.1, -0.05) is 34.8 Å². The van der Waals surface area contributed by atoms with Crippen LogP contribution in [0, 0.1) is 0 Å². The maximum atomic E-state index is 5.91. The largest absolute Gasteiger partial charge is 0.477 e. The number of aromatic nitrogens is 3. The van der Waals surface area contributed by atoms with Crippen molar-refractivity contribution in [1.29, 1.82) is 0 Å². The third-order valence-electron chi connectivity index (χ3n) is 1.98. The standard InChI is InChI=1S/C9H8Cl3N3O/c1-2-16-6-4-3-5-7(8(10)11)9(12)14-15(5)13-6/h3-4,8H,2H2,1H3. The van der Waals surface area contributed by atoms with Crippen molar-refractivity contribution in [2.75, 3.05) is 6.61 Å². The van der Waals surface area contributed by atoms with Gasteiger partial charge in [-0.25, -0.2) is 0 Å². The van der Waals surface area contributed by atoms with E-state index in [1.54, 1.807) is 12.1 Å². The molecule has 0 saturated carbocycles. The minimum Gasteiger partial charge on any atom is -0.477 e. The first kappa shape index (κ1) is 11.8. The van der Waals surface area contributed by atoms with E-state index in [0.717, 1.165) is 0 Å². The Kier molecular flexibility index (Phi) is 3.42. The first-order valence-electron chi connectivity index (χ1n) is 4.60. The zero-order valence-corrected chi connectivity index (χ0v) is 10.6. The molecule has 16 heavy (non-hydrogen) atoms. The van der Waals surface area contributed by atoms with Crippen LogP contribution in [0.3, 0.4) is 0 Å². The molecule has 4 nitrogen and oxygen atoms in total. The van der Waals surface area contributed by atoms with E-state index in [0.29, 0.717) is 23.6 Å². The molecule has 0 atom stereocenters. The summed E-state index contributed by atoms with van der Waals surface area (Å²) in [7, 11) is 0. The van der Waals surface area contributed by atoms with Gasteiger partial charge in [0.2, 0.25) is 5.88 Å². The van der Waals surface area contributed by atoms with Gasteiger partial charge in [-0.2, -0.15) is 0 Å². The first-order chi connectivity index (χ1) is 7.63. The molecule has 0 radical (unpaired) electrons. The Morgan fingerprint density at radius 1 is 1.38 bits per heavy atom. The molecule has 0 N–H and O–H groups in total. The summed E-state index contributed by atoms with van der Waals surface area (Å²) in [6.45, 7) is 2.41. The quantitative estimate of drug-likeness (QED) is 0.810. The van der Waals surface area contributed by atoms with E-state index < -0.39 is 4.84 Å². The van der Waals surface area contributed by atoms with Gasteiger partial charge in [0.15, 0.2) is 5.15 Å². The average Bonchev–Trinajstić information content (AvgIpc) is 2.53. The van der Waals surface area contributed by atoms with Gasteiger partial charge in [0, 0.05) is 6.07 Å². The summed E-state index contributed by atoms with van der Waals surface area (Å²) in [5.41, 5.74) is 1.23. The number of halogens is 3. The van der Waals surface area contributed by atoms with Gasteiger partial charge in [0.1, 0.15) is 4.84 Å². The van der Waals surface area contributed by atoms with Crippen LogP contribution in [0.1, 0.15) is 17.3 Å². The van der Waals surface area contributed by atoms with E-state index in [2.05, 4.69) is 10.2 Å². The molecule has 2 aromatic rings. The highest BCUT2D eigenvalue weighted by molar-refractivity contribution is 6.46. The van der Waals surface area contributed by atoms with Crippen LogP contribution in [0.15, 0.2) is 12.1 Å². The zero-order valence-electron chi connectivity index (χ0n) is 8.32. The summed E-state index contributed by atoms with van der Waals surface area (Å²) in [4.78, 5) is -0.732. The van der Waals surface area contributed by atoms with E-state index >= 15 is 0 Å². The number of nitrogens with zero attached hydrogens (tertiary/aromatic N) is 3. The lowest BCUT2D eigenvalue weighted by atomic mass is 10.3. The van der Waals surface area contributed by atoms with Gasteiger partial charge in [0.25, 0.3) is 0 Å². The number of hydrogen-bond acceptors (Lipinski definition) is 3. The van der Waals surface area contributed by atoms with Crippen LogP contribution >= 0.6 is 34.8 Å². The molecule has 0 fully saturated rings. The van der Waals surface area contributed by atoms with Gasteiger partial charge in [-0.05, 0) is 13.0 Å². The monoisotopic (exact) mass is 279 g/mol. The Bertz CT molecular complexity index is 512. The van der Waals surface area contributed by atoms with Crippen LogP contribution in [0.2, 0.25) is 5.15 Å². The molecule has 0 amide bonds. The van der Waals surface area contributed by atoms with Crippen molar-refractivity contribution in [2.45, 2.75) is 11.8 Å². The highest BCUT2D eigenvalue weighted by Crippen LogP contribution is 2.34. The summed E-state index contributed by atoms with van der Waals surface area (Å²) in [5.74, 6) is 0.474. The average molecular weight is 281 g/mol. The molecule has 0 aliphatic carbocycles. The summed E-state index contributed by atoms with van der Waals surface area (Å²) < 4.78 is 6.60.